The maximum absolute atomic E-state index is 14.6. The van der Waals surface area contributed by atoms with E-state index in [1.807, 2.05) is 0 Å². The van der Waals surface area contributed by atoms with Gasteiger partial charge in [-0.2, -0.15) is 35.1 Å². The van der Waals surface area contributed by atoms with Crippen LogP contribution in [-0.4, -0.2) is 12.4 Å². The van der Waals surface area contributed by atoms with Gasteiger partial charge in [-0.3, -0.25) is 0 Å². The minimum atomic E-state index is -7.47. The van der Waals surface area contributed by atoms with Gasteiger partial charge < -0.3 is 0 Å². The van der Waals surface area contributed by atoms with Crippen molar-refractivity contribution in [3.8, 4) is 0 Å². The lowest BCUT2D eigenvalue weighted by molar-refractivity contribution is -0.394. The molecule has 0 nitrogen and oxygen atoms in total. The molecule has 2 aromatic carbocycles. The SMILES string of the molecule is FC1=C(F)C(C(F)(F)F)(C(F)(F)F)C(F)(F)c2c1c(F)c1c(F)c(F)c(F)c(F)c1c2F. The van der Waals surface area contributed by atoms with E-state index < -0.39 is 92.1 Å². The van der Waals surface area contributed by atoms with E-state index in [0.717, 1.165) is 0 Å². The summed E-state index contributed by atoms with van der Waals surface area (Å²) in [6.07, 6.45) is -14.9. The molecule has 0 aromatic heterocycles. The zero-order valence-electron chi connectivity index (χ0n) is 14.0. The van der Waals surface area contributed by atoms with Gasteiger partial charge in [0.25, 0.3) is 5.41 Å². The fraction of sp³-hybridized carbons (Fsp3) is 0.250. The molecular weight excluding hydrogens is 496 g/mol. The second-order valence-corrected chi connectivity index (χ2v) is 6.33. The Morgan fingerprint density at radius 1 is 0.500 bits per heavy atom. The number of hydrogen-bond donors (Lipinski definition) is 0. The van der Waals surface area contributed by atoms with Crippen molar-refractivity contribution >= 4 is 16.6 Å². The molecule has 1 aliphatic rings. The van der Waals surface area contributed by atoms with Crippen LogP contribution in [0.3, 0.4) is 0 Å². The molecule has 32 heavy (non-hydrogen) atoms. The lowest BCUT2D eigenvalue weighted by atomic mass is 9.69. The molecule has 0 aliphatic heterocycles. The quantitative estimate of drug-likeness (QED) is 0.201. The molecule has 176 valence electrons. The Labute approximate surface area is 163 Å². The van der Waals surface area contributed by atoms with E-state index in [1.165, 1.54) is 0 Å². The predicted molar refractivity (Wildman–Crippen MR) is 71.3 cm³/mol. The average Bonchev–Trinajstić information content (AvgIpc) is 2.61. The molecule has 0 saturated heterocycles. The summed E-state index contributed by atoms with van der Waals surface area (Å²) in [6, 6.07) is 0. The molecule has 0 bridgehead atoms. The predicted octanol–water partition coefficient (Wildman–Crippen LogP) is 7.50. The minimum absolute atomic E-state index is 2.51. The maximum Gasteiger partial charge on any atom is 0.416 e. The summed E-state index contributed by atoms with van der Waals surface area (Å²) in [6.45, 7) is 0. The third-order valence-electron chi connectivity index (χ3n) is 4.77. The first-order valence-corrected chi connectivity index (χ1v) is 7.52. The zero-order chi connectivity index (χ0) is 24.9. The van der Waals surface area contributed by atoms with Gasteiger partial charge in [0, 0.05) is 0 Å². The normalized spacial score (nSPS) is 18.4. The third kappa shape index (κ3) is 2.43. The van der Waals surface area contributed by atoms with Gasteiger partial charge in [-0.1, -0.05) is 0 Å². The number of hydrogen-bond acceptors (Lipinski definition) is 0. The summed E-state index contributed by atoms with van der Waals surface area (Å²) in [5, 5.41) is -5.21. The Bertz CT molecular complexity index is 1180. The van der Waals surface area contributed by atoms with Crippen LogP contribution >= 0.6 is 0 Å². The third-order valence-corrected chi connectivity index (χ3v) is 4.77. The number of benzene rings is 2. The number of halogens is 16. The largest absolute Gasteiger partial charge is 0.416 e. The van der Waals surface area contributed by atoms with Gasteiger partial charge in [0.15, 0.2) is 34.9 Å². The second-order valence-electron chi connectivity index (χ2n) is 6.33. The van der Waals surface area contributed by atoms with E-state index in [9.17, 15) is 70.2 Å². The molecule has 0 heterocycles. The van der Waals surface area contributed by atoms with Crippen LogP contribution in [0.5, 0.6) is 0 Å². The van der Waals surface area contributed by atoms with Crippen LogP contribution in [0.25, 0.3) is 16.6 Å². The van der Waals surface area contributed by atoms with Crippen LogP contribution in [0, 0.1) is 40.3 Å². The summed E-state index contributed by atoms with van der Waals surface area (Å²) in [7, 11) is 0. The highest BCUT2D eigenvalue weighted by Crippen LogP contribution is 2.70. The molecule has 0 unspecified atom stereocenters. The first kappa shape index (κ1) is 24.0. The molecule has 2 aromatic rings. The lowest BCUT2D eigenvalue weighted by Crippen LogP contribution is -2.62. The van der Waals surface area contributed by atoms with Crippen LogP contribution in [0.15, 0.2) is 5.83 Å². The molecule has 16 heteroatoms. The smallest absolute Gasteiger partial charge is 0.207 e. The van der Waals surface area contributed by atoms with E-state index in [1.54, 1.807) is 0 Å². The van der Waals surface area contributed by atoms with Crippen LogP contribution < -0.4 is 0 Å². The van der Waals surface area contributed by atoms with Gasteiger partial charge in [-0.25, -0.2) is 35.1 Å². The van der Waals surface area contributed by atoms with Crippen molar-refractivity contribution in [3.63, 3.8) is 0 Å². The van der Waals surface area contributed by atoms with Crippen molar-refractivity contribution in [2.24, 2.45) is 5.41 Å². The maximum atomic E-state index is 14.6. The molecule has 0 saturated carbocycles. The van der Waals surface area contributed by atoms with Crippen LogP contribution in [0.1, 0.15) is 11.1 Å². The summed E-state index contributed by atoms with van der Waals surface area (Å²) < 4.78 is 220. The Hall–Kier alpha value is -2.68. The molecule has 3 rings (SSSR count). The fourth-order valence-corrected chi connectivity index (χ4v) is 3.38. The Morgan fingerprint density at radius 2 is 0.875 bits per heavy atom. The lowest BCUT2D eigenvalue weighted by Gasteiger charge is -2.44. The topological polar surface area (TPSA) is 0 Å². The molecule has 0 atom stereocenters. The fourth-order valence-electron chi connectivity index (χ4n) is 3.38. The molecule has 1 aliphatic carbocycles. The number of allylic oxidation sites excluding steroid dienone is 1. The van der Waals surface area contributed by atoms with E-state index in [2.05, 4.69) is 0 Å². The van der Waals surface area contributed by atoms with E-state index in [4.69, 9.17) is 0 Å². The molecule has 0 N–H and O–H groups in total. The Kier molecular flexibility index (Phi) is 4.82. The van der Waals surface area contributed by atoms with Crippen LogP contribution in [-0.2, 0) is 5.92 Å². The average molecular weight is 496 g/mol. The first-order valence-electron chi connectivity index (χ1n) is 7.52. The van der Waals surface area contributed by atoms with Gasteiger partial charge >= 0.3 is 18.3 Å². The molecule has 0 fully saturated rings. The first-order chi connectivity index (χ1) is 14.3. The van der Waals surface area contributed by atoms with Gasteiger partial charge in [-0.05, 0) is 0 Å². The molecular formula is C16F16. The Morgan fingerprint density at radius 3 is 1.25 bits per heavy atom. The van der Waals surface area contributed by atoms with E-state index in [0.29, 0.717) is 0 Å². The number of fused-ring (bicyclic) bond motifs is 2. The van der Waals surface area contributed by atoms with Crippen molar-refractivity contribution < 1.29 is 70.2 Å². The molecule has 0 amide bonds. The van der Waals surface area contributed by atoms with Crippen molar-refractivity contribution in [1.82, 2.24) is 0 Å². The minimum Gasteiger partial charge on any atom is -0.207 e. The molecule has 0 spiro atoms. The van der Waals surface area contributed by atoms with Crippen molar-refractivity contribution in [1.29, 1.82) is 0 Å². The van der Waals surface area contributed by atoms with Crippen LogP contribution in [0.4, 0.5) is 70.2 Å². The number of rotatable bonds is 0. The highest BCUT2D eigenvalue weighted by Gasteiger charge is 2.87. The van der Waals surface area contributed by atoms with E-state index in [-0.39, 0.29) is 0 Å². The van der Waals surface area contributed by atoms with Gasteiger partial charge in [0.05, 0.1) is 21.9 Å². The van der Waals surface area contributed by atoms with E-state index >= 15 is 0 Å². The summed E-state index contributed by atoms with van der Waals surface area (Å²) in [4.78, 5) is 0. The summed E-state index contributed by atoms with van der Waals surface area (Å²) in [5.74, 6) is -33.5. The Balaban J connectivity index is 2.75. The zero-order valence-corrected chi connectivity index (χ0v) is 14.0. The van der Waals surface area contributed by atoms with Gasteiger partial charge in [0.1, 0.15) is 11.6 Å². The monoisotopic (exact) mass is 496 g/mol. The number of alkyl halides is 8. The highest BCUT2D eigenvalue weighted by molar-refractivity contribution is 5.91. The highest BCUT2D eigenvalue weighted by atomic mass is 19.4. The standard InChI is InChI=1S/C16F16/c17-5-1-2(8(20)11(23)10(22)7(1)19)6(18)4-3(5)9(21)12(24)13(14(4,25)26,15(27,28)29)16(30,31)32. The second kappa shape index (κ2) is 6.43. The van der Waals surface area contributed by atoms with Crippen molar-refractivity contribution in [3.05, 3.63) is 51.9 Å². The molecule has 0 radical (unpaired) electrons. The van der Waals surface area contributed by atoms with Crippen molar-refractivity contribution in [2.45, 2.75) is 18.3 Å². The van der Waals surface area contributed by atoms with Gasteiger partial charge in [-0.15, -0.1) is 0 Å². The van der Waals surface area contributed by atoms with Gasteiger partial charge in [0.2, 0.25) is 0 Å². The van der Waals surface area contributed by atoms with Crippen molar-refractivity contribution in [2.75, 3.05) is 0 Å². The van der Waals surface area contributed by atoms with Crippen LogP contribution in [0.2, 0.25) is 0 Å². The summed E-state index contributed by atoms with van der Waals surface area (Å²) >= 11 is 0. The summed E-state index contributed by atoms with van der Waals surface area (Å²) in [5.41, 5.74) is -13.7.